The quantitative estimate of drug-likeness (QED) is 0.862. The van der Waals surface area contributed by atoms with Gasteiger partial charge >= 0.3 is 0 Å². The third-order valence-corrected chi connectivity index (χ3v) is 3.87. The third-order valence-electron chi connectivity index (χ3n) is 3.87. The van der Waals surface area contributed by atoms with Gasteiger partial charge in [0.15, 0.2) is 11.5 Å². The van der Waals surface area contributed by atoms with Gasteiger partial charge in [0.05, 0.1) is 6.61 Å². The van der Waals surface area contributed by atoms with Gasteiger partial charge in [0.1, 0.15) is 0 Å². The molecule has 2 heterocycles. The molecule has 1 N–H and O–H groups in total. The van der Waals surface area contributed by atoms with E-state index in [1.54, 1.807) is 0 Å². The molecule has 1 atom stereocenters. The van der Waals surface area contributed by atoms with Gasteiger partial charge in [-0.1, -0.05) is 12.1 Å². The van der Waals surface area contributed by atoms with E-state index in [9.17, 15) is 5.11 Å². The first-order valence-corrected chi connectivity index (χ1v) is 6.69. The summed E-state index contributed by atoms with van der Waals surface area (Å²) >= 11 is 0. The molecule has 1 fully saturated rings. The van der Waals surface area contributed by atoms with Gasteiger partial charge in [-0.25, -0.2) is 0 Å². The van der Waals surface area contributed by atoms with Crippen molar-refractivity contribution in [2.45, 2.75) is 12.6 Å². The van der Waals surface area contributed by atoms with E-state index in [1.807, 2.05) is 12.1 Å². The van der Waals surface area contributed by atoms with Gasteiger partial charge in [-0.15, -0.1) is 0 Å². The summed E-state index contributed by atoms with van der Waals surface area (Å²) in [6, 6.07) is 6.18. The lowest BCUT2D eigenvalue weighted by Gasteiger charge is -2.39. The zero-order valence-corrected chi connectivity index (χ0v) is 11.2. The summed E-state index contributed by atoms with van der Waals surface area (Å²) in [5, 5.41) is 9.53. The number of piperazine rings is 1. The summed E-state index contributed by atoms with van der Waals surface area (Å²) in [6.45, 7) is 4.19. The number of aliphatic hydroxyl groups is 1. The summed E-state index contributed by atoms with van der Waals surface area (Å²) in [4.78, 5) is 4.57. The Morgan fingerprint density at radius 1 is 1.32 bits per heavy atom. The number of likely N-dealkylation sites (N-methyl/N-ethyl adjacent to an activating group) is 1. The van der Waals surface area contributed by atoms with E-state index in [0.29, 0.717) is 6.79 Å². The number of hydrogen-bond acceptors (Lipinski definition) is 5. The summed E-state index contributed by atoms with van der Waals surface area (Å²) in [6.07, 6.45) is 0. The highest BCUT2D eigenvalue weighted by Crippen LogP contribution is 2.36. The highest BCUT2D eigenvalue weighted by Gasteiger charge is 2.26. The minimum absolute atomic E-state index is 0.191. The van der Waals surface area contributed by atoms with Crippen molar-refractivity contribution in [3.63, 3.8) is 0 Å². The molecule has 0 aliphatic carbocycles. The summed E-state index contributed by atoms with van der Waals surface area (Å²) in [5.41, 5.74) is 1.14. The Labute approximate surface area is 113 Å². The van der Waals surface area contributed by atoms with Crippen molar-refractivity contribution in [3.8, 4) is 11.5 Å². The van der Waals surface area contributed by atoms with Gasteiger partial charge in [-0.05, 0) is 13.1 Å². The molecular formula is C14H20N2O3. The number of rotatable bonds is 3. The van der Waals surface area contributed by atoms with Crippen molar-refractivity contribution < 1.29 is 14.6 Å². The molecule has 5 nitrogen and oxygen atoms in total. The molecule has 1 unspecified atom stereocenters. The molecule has 2 aliphatic rings. The van der Waals surface area contributed by atoms with E-state index in [2.05, 4.69) is 22.9 Å². The molecule has 3 rings (SSSR count). The van der Waals surface area contributed by atoms with Gasteiger partial charge in [0.2, 0.25) is 6.79 Å². The number of benzene rings is 1. The maximum Gasteiger partial charge on any atom is 0.231 e. The van der Waals surface area contributed by atoms with Crippen LogP contribution in [0.4, 0.5) is 0 Å². The first-order valence-electron chi connectivity index (χ1n) is 6.69. The zero-order valence-electron chi connectivity index (χ0n) is 11.2. The third kappa shape index (κ3) is 2.54. The number of para-hydroxylation sites is 1. The Morgan fingerprint density at radius 2 is 2.21 bits per heavy atom. The van der Waals surface area contributed by atoms with Crippen LogP contribution in [0.15, 0.2) is 18.2 Å². The number of ether oxygens (including phenoxy) is 2. The van der Waals surface area contributed by atoms with Gasteiger partial charge in [0, 0.05) is 37.8 Å². The largest absolute Gasteiger partial charge is 0.454 e. The van der Waals surface area contributed by atoms with E-state index in [4.69, 9.17) is 9.47 Å². The van der Waals surface area contributed by atoms with E-state index in [-0.39, 0.29) is 12.6 Å². The monoisotopic (exact) mass is 264 g/mol. The topological polar surface area (TPSA) is 45.2 Å². The van der Waals surface area contributed by atoms with E-state index in [0.717, 1.165) is 43.2 Å². The fourth-order valence-corrected chi connectivity index (χ4v) is 2.76. The normalized spacial score (nSPS) is 23.8. The number of nitrogens with zero attached hydrogens (tertiary/aromatic N) is 2. The van der Waals surface area contributed by atoms with E-state index < -0.39 is 0 Å². The van der Waals surface area contributed by atoms with Crippen LogP contribution in [-0.4, -0.2) is 61.0 Å². The minimum atomic E-state index is 0.191. The van der Waals surface area contributed by atoms with Crippen LogP contribution in [0.3, 0.4) is 0 Å². The molecule has 104 valence electrons. The molecule has 0 radical (unpaired) electrons. The summed E-state index contributed by atoms with van der Waals surface area (Å²) < 4.78 is 10.9. The zero-order chi connectivity index (χ0) is 13.2. The van der Waals surface area contributed by atoms with Crippen molar-refractivity contribution in [3.05, 3.63) is 23.8 Å². The lowest BCUT2D eigenvalue weighted by atomic mass is 10.1. The van der Waals surface area contributed by atoms with Crippen LogP contribution in [0, 0.1) is 0 Å². The average molecular weight is 264 g/mol. The average Bonchev–Trinajstić information content (AvgIpc) is 2.90. The molecule has 1 saturated heterocycles. The standard InChI is InChI=1S/C14H20N2O3/c1-15-5-6-16(12(8-15)9-17)7-11-3-2-4-13-14(11)19-10-18-13/h2-4,12,17H,5-10H2,1H3. The van der Waals surface area contributed by atoms with Crippen LogP contribution in [0.2, 0.25) is 0 Å². The first kappa shape index (κ1) is 12.7. The molecule has 0 saturated carbocycles. The van der Waals surface area contributed by atoms with Gasteiger partial charge in [-0.2, -0.15) is 0 Å². The Bertz CT molecular complexity index is 452. The van der Waals surface area contributed by atoms with Crippen molar-refractivity contribution in [1.82, 2.24) is 9.80 Å². The van der Waals surface area contributed by atoms with Crippen LogP contribution >= 0.6 is 0 Å². The molecule has 1 aromatic rings. The summed E-state index contributed by atoms with van der Waals surface area (Å²) in [5.74, 6) is 1.69. The predicted molar refractivity (Wildman–Crippen MR) is 71.3 cm³/mol. The van der Waals surface area contributed by atoms with Crippen LogP contribution in [0.25, 0.3) is 0 Å². The maximum atomic E-state index is 9.53. The molecule has 0 bridgehead atoms. The molecule has 2 aliphatic heterocycles. The highest BCUT2D eigenvalue weighted by molar-refractivity contribution is 5.48. The second kappa shape index (κ2) is 5.36. The minimum Gasteiger partial charge on any atom is -0.454 e. The molecular weight excluding hydrogens is 244 g/mol. The Balaban J connectivity index is 1.76. The Morgan fingerprint density at radius 3 is 3.05 bits per heavy atom. The van der Waals surface area contributed by atoms with Gasteiger partial charge in [-0.3, -0.25) is 4.90 Å². The van der Waals surface area contributed by atoms with Crippen LogP contribution in [-0.2, 0) is 6.54 Å². The fourth-order valence-electron chi connectivity index (χ4n) is 2.76. The van der Waals surface area contributed by atoms with Gasteiger partial charge < -0.3 is 19.5 Å². The van der Waals surface area contributed by atoms with Crippen LogP contribution < -0.4 is 9.47 Å². The van der Waals surface area contributed by atoms with Crippen molar-refractivity contribution in [2.75, 3.05) is 40.1 Å². The van der Waals surface area contributed by atoms with Crippen molar-refractivity contribution >= 4 is 0 Å². The molecule has 5 heteroatoms. The smallest absolute Gasteiger partial charge is 0.231 e. The number of fused-ring (bicyclic) bond motifs is 1. The van der Waals surface area contributed by atoms with Crippen molar-refractivity contribution in [2.24, 2.45) is 0 Å². The lowest BCUT2D eigenvalue weighted by molar-refractivity contribution is 0.0452. The molecule has 0 aromatic heterocycles. The molecule has 1 aromatic carbocycles. The Kier molecular flexibility index (Phi) is 3.59. The number of aliphatic hydroxyl groups excluding tert-OH is 1. The van der Waals surface area contributed by atoms with E-state index >= 15 is 0 Å². The first-order chi connectivity index (χ1) is 9.28. The van der Waals surface area contributed by atoms with Crippen LogP contribution in [0.5, 0.6) is 11.5 Å². The second-order valence-electron chi connectivity index (χ2n) is 5.22. The highest BCUT2D eigenvalue weighted by atomic mass is 16.7. The summed E-state index contributed by atoms with van der Waals surface area (Å²) in [7, 11) is 2.09. The molecule has 0 amide bonds. The Hall–Kier alpha value is -1.30. The second-order valence-corrected chi connectivity index (χ2v) is 5.22. The molecule has 19 heavy (non-hydrogen) atoms. The number of hydrogen-bond donors (Lipinski definition) is 1. The van der Waals surface area contributed by atoms with Gasteiger partial charge in [0.25, 0.3) is 0 Å². The van der Waals surface area contributed by atoms with Crippen LogP contribution in [0.1, 0.15) is 5.56 Å². The fraction of sp³-hybridized carbons (Fsp3) is 0.571. The van der Waals surface area contributed by atoms with Crippen molar-refractivity contribution in [1.29, 1.82) is 0 Å². The van der Waals surface area contributed by atoms with E-state index in [1.165, 1.54) is 0 Å². The molecule has 0 spiro atoms. The maximum absolute atomic E-state index is 9.53. The predicted octanol–water partition coefficient (Wildman–Crippen LogP) is 0.524. The lowest BCUT2D eigenvalue weighted by Crippen LogP contribution is -2.52. The SMILES string of the molecule is CN1CCN(Cc2cccc3c2OCO3)C(CO)C1.